The Balaban J connectivity index is 1.76. The smallest absolute Gasteiger partial charge is 0.145 e. The number of nitrogens with one attached hydrogen (secondary N) is 1. The molecular weight excluding hydrogens is 234 g/mol. The number of benzene rings is 1. The van der Waals surface area contributed by atoms with Gasteiger partial charge in [0, 0.05) is 23.5 Å². The Kier molecular flexibility index (Phi) is 2.33. The van der Waals surface area contributed by atoms with Crippen molar-refractivity contribution in [3.8, 4) is 0 Å². The van der Waals surface area contributed by atoms with Crippen LogP contribution in [0.2, 0.25) is 0 Å². The minimum absolute atomic E-state index is 0.551. The molecule has 0 radical (unpaired) electrons. The molecule has 4 rings (SSSR count). The quantitative estimate of drug-likeness (QED) is 0.885. The van der Waals surface area contributed by atoms with Gasteiger partial charge in [0.15, 0.2) is 0 Å². The zero-order valence-corrected chi connectivity index (χ0v) is 11.5. The monoisotopic (exact) mass is 253 g/mol. The number of nitrogens with zero attached hydrogens (tertiary/aromatic N) is 2. The SMILES string of the molecule is CC(C)c1ccc2cc3c(nc2c1)NN(C1CC1)C3. The third-order valence-corrected chi connectivity index (χ3v) is 4.17. The van der Waals surface area contributed by atoms with E-state index in [9.17, 15) is 0 Å². The van der Waals surface area contributed by atoms with Gasteiger partial charge in [-0.2, -0.15) is 0 Å². The molecule has 1 aromatic heterocycles. The molecule has 1 aromatic carbocycles. The molecule has 0 spiro atoms. The van der Waals surface area contributed by atoms with E-state index >= 15 is 0 Å². The van der Waals surface area contributed by atoms with E-state index in [0.717, 1.165) is 23.9 Å². The molecule has 2 aromatic rings. The molecule has 1 aliphatic heterocycles. The van der Waals surface area contributed by atoms with Crippen molar-refractivity contribution in [1.82, 2.24) is 9.99 Å². The molecular formula is C16H19N3. The molecule has 2 aliphatic rings. The summed E-state index contributed by atoms with van der Waals surface area (Å²) in [5.74, 6) is 1.61. The summed E-state index contributed by atoms with van der Waals surface area (Å²) in [5.41, 5.74) is 7.25. The Morgan fingerprint density at radius 3 is 2.84 bits per heavy atom. The number of rotatable bonds is 2. The molecule has 1 saturated carbocycles. The van der Waals surface area contributed by atoms with Gasteiger partial charge in [0.1, 0.15) is 5.82 Å². The fourth-order valence-electron chi connectivity index (χ4n) is 2.77. The normalized spacial score (nSPS) is 18.9. The fourth-order valence-corrected chi connectivity index (χ4v) is 2.77. The summed E-state index contributed by atoms with van der Waals surface area (Å²) in [5, 5.41) is 3.59. The highest BCUT2D eigenvalue weighted by Crippen LogP contribution is 2.35. The summed E-state index contributed by atoms with van der Waals surface area (Å²) >= 11 is 0. The molecule has 1 fully saturated rings. The summed E-state index contributed by atoms with van der Waals surface area (Å²) < 4.78 is 0. The van der Waals surface area contributed by atoms with Crippen molar-refractivity contribution in [2.75, 3.05) is 5.43 Å². The van der Waals surface area contributed by atoms with Crippen LogP contribution in [-0.4, -0.2) is 16.0 Å². The van der Waals surface area contributed by atoms with Crippen LogP contribution in [0.1, 0.15) is 43.7 Å². The van der Waals surface area contributed by atoms with Crippen LogP contribution >= 0.6 is 0 Å². The van der Waals surface area contributed by atoms with Gasteiger partial charge >= 0.3 is 0 Å². The summed E-state index contributed by atoms with van der Waals surface area (Å²) in [6.45, 7) is 5.44. The Labute approximate surface area is 113 Å². The lowest BCUT2D eigenvalue weighted by Crippen LogP contribution is -2.25. The molecule has 19 heavy (non-hydrogen) atoms. The molecule has 0 amide bonds. The van der Waals surface area contributed by atoms with Gasteiger partial charge in [0.25, 0.3) is 0 Å². The highest BCUT2D eigenvalue weighted by atomic mass is 15.6. The lowest BCUT2D eigenvalue weighted by atomic mass is 10.0. The van der Waals surface area contributed by atoms with E-state index in [1.165, 1.54) is 29.4 Å². The first-order valence-corrected chi connectivity index (χ1v) is 7.17. The van der Waals surface area contributed by atoms with E-state index < -0.39 is 0 Å². The maximum Gasteiger partial charge on any atom is 0.145 e. The summed E-state index contributed by atoms with van der Waals surface area (Å²) in [6.07, 6.45) is 2.63. The number of pyridine rings is 1. The van der Waals surface area contributed by atoms with E-state index in [0.29, 0.717) is 5.92 Å². The summed E-state index contributed by atoms with van der Waals surface area (Å²) in [4.78, 5) is 4.81. The first-order valence-electron chi connectivity index (χ1n) is 7.17. The zero-order chi connectivity index (χ0) is 13.0. The maximum absolute atomic E-state index is 4.81. The molecule has 2 heterocycles. The number of anilines is 1. The van der Waals surface area contributed by atoms with E-state index in [2.05, 4.69) is 48.5 Å². The van der Waals surface area contributed by atoms with Crippen LogP contribution in [0.3, 0.4) is 0 Å². The summed E-state index contributed by atoms with van der Waals surface area (Å²) in [7, 11) is 0. The van der Waals surface area contributed by atoms with Crippen LogP contribution in [0.4, 0.5) is 5.82 Å². The largest absolute Gasteiger partial charge is 0.302 e. The second-order valence-corrected chi connectivity index (χ2v) is 6.07. The number of hydrogen-bond acceptors (Lipinski definition) is 3. The maximum atomic E-state index is 4.81. The van der Waals surface area contributed by atoms with Crippen molar-refractivity contribution < 1.29 is 0 Å². The zero-order valence-electron chi connectivity index (χ0n) is 11.5. The molecule has 0 atom stereocenters. The van der Waals surface area contributed by atoms with Crippen LogP contribution in [0.5, 0.6) is 0 Å². The average Bonchev–Trinajstić information content (AvgIpc) is 3.16. The first-order chi connectivity index (χ1) is 9.20. The molecule has 1 aliphatic carbocycles. The number of hydrazine groups is 1. The van der Waals surface area contributed by atoms with Crippen molar-refractivity contribution in [3.63, 3.8) is 0 Å². The second kappa shape index (κ2) is 3.94. The van der Waals surface area contributed by atoms with Crippen LogP contribution < -0.4 is 5.43 Å². The number of hydrogen-bond donors (Lipinski definition) is 1. The highest BCUT2D eigenvalue weighted by Gasteiger charge is 2.33. The van der Waals surface area contributed by atoms with Gasteiger partial charge in [-0.05, 0) is 36.5 Å². The van der Waals surface area contributed by atoms with Crippen LogP contribution in [0.25, 0.3) is 10.9 Å². The number of fused-ring (bicyclic) bond motifs is 2. The Bertz CT molecular complexity index is 644. The third-order valence-electron chi connectivity index (χ3n) is 4.17. The number of aromatic nitrogens is 1. The molecule has 0 saturated heterocycles. The van der Waals surface area contributed by atoms with E-state index in [1.54, 1.807) is 0 Å². The first kappa shape index (κ1) is 11.2. The lowest BCUT2D eigenvalue weighted by Gasteiger charge is -2.13. The Hall–Kier alpha value is -1.61. The van der Waals surface area contributed by atoms with Crippen molar-refractivity contribution in [2.45, 2.75) is 45.2 Å². The second-order valence-electron chi connectivity index (χ2n) is 6.07. The van der Waals surface area contributed by atoms with Gasteiger partial charge in [0.05, 0.1) is 5.52 Å². The van der Waals surface area contributed by atoms with Gasteiger partial charge in [0.2, 0.25) is 0 Å². The summed E-state index contributed by atoms with van der Waals surface area (Å²) in [6, 6.07) is 9.67. The Morgan fingerprint density at radius 1 is 1.26 bits per heavy atom. The van der Waals surface area contributed by atoms with E-state index in [4.69, 9.17) is 4.98 Å². The van der Waals surface area contributed by atoms with Crippen LogP contribution in [0, 0.1) is 0 Å². The van der Waals surface area contributed by atoms with Crippen LogP contribution in [-0.2, 0) is 6.54 Å². The molecule has 3 nitrogen and oxygen atoms in total. The van der Waals surface area contributed by atoms with Crippen molar-refractivity contribution >= 4 is 16.7 Å². The van der Waals surface area contributed by atoms with E-state index in [-0.39, 0.29) is 0 Å². The highest BCUT2D eigenvalue weighted by molar-refractivity contribution is 5.82. The average molecular weight is 253 g/mol. The van der Waals surface area contributed by atoms with Gasteiger partial charge in [-0.25, -0.2) is 9.99 Å². The molecule has 0 bridgehead atoms. The molecule has 0 unspecified atom stereocenters. The predicted molar refractivity (Wildman–Crippen MR) is 78.0 cm³/mol. The fraction of sp³-hybridized carbons (Fsp3) is 0.438. The Morgan fingerprint density at radius 2 is 2.11 bits per heavy atom. The van der Waals surface area contributed by atoms with Crippen molar-refractivity contribution in [2.24, 2.45) is 0 Å². The van der Waals surface area contributed by atoms with Gasteiger partial charge in [-0.3, -0.25) is 0 Å². The van der Waals surface area contributed by atoms with Gasteiger partial charge in [-0.15, -0.1) is 0 Å². The minimum atomic E-state index is 0.551. The van der Waals surface area contributed by atoms with Crippen molar-refractivity contribution in [1.29, 1.82) is 0 Å². The predicted octanol–water partition coefficient (Wildman–Crippen LogP) is 3.66. The molecule has 3 heteroatoms. The van der Waals surface area contributed by atoms with E-state index in [1.807, 2.05) is 0 Å². The lowest BCUT2D eigenvalue weighted by molar-refractivity contribution is 0.332. The standard InChI is InChI=1S/C16H19N3/c1-10(2)11-3-4-12-7-13-9-19(14-5-6-14)18-16(13)17-15(12)8-11/h3-4,7-8,10,14H,5-6,9H2,1-2H3,(H,17,18). The molecule has 1 N–H and O–H groups in total. The van der Waals surface area contributed by atoms with Crippen LogP contribution in [0.15, 0.2) is 24.3 Å². The minimum Gasteiger partial charge on any atom is -0.302 e. The molecule has 98 valence electrons. The topological polar surface area (TPSA) is 28.2 Å². The van der Waals surface area contributed by atoms with Crippen molar-refractivity contribution in [3.05, 3.63) is 35.4 Å². The van der Waals surface area contributed by atoms with Gasteiger partial charge in [-0.1, -0.05) is 26.0 Å². The third kappa shape index (κ3) is 1.89. The van der Waals surface area contributed by atoms with Gasteiger partial charge < -0.3 is 5.43 Å².